The van der Waals surface area contributed by atoms with Gasteiger partial charge in [0.15, 0.2) is 0 Å². The number of amides is 1. The predicted octanol–water partition coefficient (Wildman–Crippen LogP) is 4.67. The average Bonchev–Trinajstić information content (AvgIpc) is 3.29. The molecule has 2 aliphatic heterocycles. The SMILES string of the molecule is CCN(c1c(C)c(C(N)=O)cc(-c2ccc3c(c2)n(C)c(=O)n3C2CCOCC2)c1Cc1c(C)cc(C)[nH]c1=O)C1CCOCC1. The number of pyridine rings is 1. The highest BCUT2D eigenvalue weighted by molar-refractivity contribution is 5.99. The smallest absolute Gasteiger partial charge is 0.329 e. The first-order chi connectivity index (χ1) is 22.1. The van der Waals surface area contributed by atoms with Gasteiger partial charge in [-0.25, -0.2) is 4.79 Å². The van der Waals surface area contributed by atoms with Crippen LogP contribution in [-0.4, -0.2) is 59.0 Å². The van der Waals surface area contributed by atoms with E-state index < -0.39 is 5.91 Å². The van der Waals surface area contributed by atoms with Crippen LogP contribution in [0.2, 0.25) is 0 Å². The summed E-state index contributed by atoms with van der Waals surface area (Å²) in [6, 6.07) is 10.2. The number of carbonyl (C=O) groups excluding carboxylic acids is 1. The molecular formula is C36H45N5O5. The molecule has 2 fully saturated rings. The van der Waals surface area contributed by atoms with Crippen molar-refractivity contribution in [2.75, 3.05) is 37.9 Å². The first kappa shape index (κ1) is 31.8. The number of imidazole rings is 1. The van der Waals surface area contributed by atoms with Crippen molar-refractivity contribution in [3.05, 3.63) is 84.7 Å². The van der Waals surface area contributed by atoms with Crippen molar-refractivity contribution >= 4 is 22.6 Å². The van der Waals surface area contributed by atoms with Crippen molar-refractivity contribution in [3.8, 4) is 11.1 Å². The number of anilines is 1. The van der Waals surface area contributed by atoms with E-state index in [1.165, 1.54) is 0 Å². The van der Waals surface area contributed by atoms with Gasteiger partial charge in [0.1, 0.15) is 0 Å². The predicted molar refractivity (Wildman–Crippen MR) is 181 cm³/mol. The molecule has 0 atom stereocenters. The summed E-state index contributed by atoms with van der Waals surface area (Å²) in [7, 11) is 1.81. The van der Waals surface area contributed by atoms with Gasteiger partial charge >= 0.3 is 5.69 Å². The second-order valence-electron chi connectivity index (χ2n) is 12.8. The minimum atomic E-state index is -0.502. The van der Waals surface area contributed by atoms with E-state index in [1.807, 2.05) is 55.7 Å². The van der Waals surface area contributed by atoms with Crippen molar-refractivity contribution in [3.63, 3.8) is 0 Å². The van der Waals surface area contributed by atoms with E-state index >= 15 is 0 Å². The van der Waals surface area contributed by atoms with Crippen LogP contribution in [0, 0.1) is 20.8 Å². The number of aromatic amines is 1. The first-order valence-electron chi connectivity index (χ1n) is 16.4. The summed E-state index contributed by atoms with van der Waals surface area (Å²) in [6.07, 6.45) is 3.67. The van der Waals surface area contributed by atoms with Crippen LogP contribution in [0.5, 0.6) is 0 Å². The van der Waals surface area contributed by atoms with Gasteiger partial charge in [-0.3, -0.25) is 18.7 Å². The molecule has 10 heteroatoms. The van der Waals surface area contributed by atoms with Gasteiger partial charge < -0.3 is 25.1 Å². The van der Waals surface area contributed by atoms with Crippen LogP contribution in [0.25, 0.3) is 22.2 Å². The van der Waals surface area contributed by atoms with Gasteiger partial charge in [-0.05, 0) is 105 Å². The van der Waals surface area contributed by atoms with Crippen LogP contribution in [0.15, 0.2) is 39.9 Å². The largest absolute Gasteiger partial charge is 0.381 e. The van der Waals surface area contributed by atoms with Gasteiger partial charge in [-0.1, -0.05) is 6.07 Å². The molecule has 4 heterocycles. The lowest BCUT2D eigenvalue weighted by molar-refractivity contribution is 0.0696. The summed E-state index contributed by atoms with van der Waals surface area (Å²) in [5, 5.41) is 0. The summed E-state index contributed by atoms with van der Waals surface area (Å²) >= 11 is 0. The summed E-state index contributed by atoms with van der Waals surface area (Å²) in [5.41, 5.74) is 14.8. The molecule has 0 radical (unpaired) electrons. The number of hydrogen-bond donors (Lipinski definition) is 2. The summed E-state index contributed by atoms with van der Waals surface area (Å²) in [6.45, 7) is 11.3. The number of aromatic nitrogens is 3. The minimum Gasteiger partial charge on any atom is -0.381 e. The molecule has 3 N–H and O–H groups in total. The third kappa shape index (κ3) is 5.69. The highest BCUT2D eigenvalue weighted by atomic mass is 16.5. The van der Waals surface area contributed by atoms with Crippen LogP contribution in [0.1, 0.15) is 77.0 Å². The average molecular weight is 628 g/mol. The number of benzene rings is 2. The number of rotatable bonds is 8. The van der Waals surface area contributed by atoms with Gasteiger partial charge in [-0.2, -0.15) is 0 Å². The van der Waals surface area contributed by atoms with E-state index in [1.54, 1.807) is 11.6 Å². The Bertz CT molecular complexity index is 1910. The van der Waals surface area contributed by atoms with E-state index in [0.717, 1.165) is 75.9 Å². The van der Waals surface area contributed by atoms with Crippen molar-refractivity contribution < 1.29 is 14.3 Å². The summed E-state index contributed by atoms with van der Waals surface area (Å²) in [4.78, 5) is 45.4. The number of nitrogens with one attached hydrogen (secondary N) is 1. The van der Waals surface area contributed by atoms with Gasteiger partial charge in [0.2, 0.25) is 5.91 Å². The molecule has 2 aromatic heterocycles. The zero-order valence-corrected chi connectivity index (χ0v) is 27.6. The molecule has 46 heavy (non-hydrogen) atoms. The standard InChI is InChI=1S/C36H45N5O5/c1-6-40(25-9-13-45-14-10-25)33-23(4)28(34(37)42)20-29(30(33)19-27-21(2)17-22(3)38-35(27)43)24-7-8-31-32(18-24)39(5)36(44)41(31)26-11-15-46-16-12-26/h7-8,17-18,20,25-26H,6,9-16,19H2,1-5H3,(H2,37,42)(H,38,43). The topological polar surface area (TPSA) is 125 Å². The Morgan fingerprint density at radius 3 is 2.26 bits per heavy atom. The maximum atomic E-state index is 13.6. The molecule has 10 nitrogen and oxygen atoms in total. The second-order valence-corrected chi connectivity index (χ2v) is 12.8. The van der Waals surface area contributed by atoms with Crippen LogP contribution in [0.3, 0.4) is 0 Å². The van der Waals surface area contributed by atoms with Crippen molar-refractivity contribution in [2.24, 2.45) is 12.8 Å². The number of H-pyrrole nitrogens is 1. The fourth-order valence-corrected chi connectivity index (χ4v) is 7.60. The molecule has 0 bridgehead atoms. The van der Waals surface area contributed by atoms with E-state index in [0.29, 0.717) is 50.5 Å². The molecule has 6 rings (SSSR count). The Hall–Kier alpha value is -4.15. The molecule has 0 saturated carbocycles. The monoisotopic (exact) mass is 627 g/mol. The third-order valence-electron chi connectivity index (χ3n) is 9.99. The van der Waals surface area contributed by atoms with E-state index in [9.17, 15) is 14.4 Å². The molecule has 1 amide bonds. The highest BCUT2D eigenvalue weighted by Crippen LogP contribution is 2.41. The van der Waals surface area contributed by atoms with Crippen molar-refractivity contribution in [1.29, 1.82) is 0 Å². The number of carbonyl (C=O) groups is 1. The molecule has 0 spiro atoms. The van der Waals surface area contributed by atoms with E-state index in [2.05, 4.69) is 16.8 Å². The maximum Gasteiger partial charge on any atom is 0.329 e. The fourth-order valence-electron chi connectivity index (χ4n) is 7.60. The third-order valence-corrected chi connectivity index (χ3v) is 9.99. The van der Waals surface area contributed by atoms with Crippen LogP contribution in [0.4, 0.5) is 5.69 Å². The van der Waals surface area contributed by atoms with E-state index in [4.69, 9.17) is 15.2 Å². The second kappa shape index (κ2) is 12.9. The summed E-state index contributed by atoms with van der Waals surface area (Å²) in [5.74, 6) is -0.502. The minimum absolute atomic E-state index is 0.0554. The molecule has 2 saturated heterocycles. The Morgan fingerprint density at radius 2 is 1.63 bits per heavy atom. The highest BCUT2D eigenvalue weighted by Gasteiger charge is 2.29. The zero-order chi connectivity index (χ0) is 32.7. The van der Waals surface area contributed by atoms with Crippen molar-refractivity contribution in [2.45, 2.75) is 71.9 Å². The fraction of sp³-hybridized carbons (Fsp3) is 0.472. The molecule has 4 aromatic rings. The Labute approximate surface area is 269 Å². The van der Waals surface area contributed by atoms with Gasteiger partial charge in [0.05, 0.1) is 11.0 Å². The molecule has 0 aliphatic carbocycles. The normalized spacial score (nSPS) is 16.3. The Kier molecular flexibility index (Phi) is 8.94. The molecule has 244 valence electrons. The lowest BCUT2D eigenvalue weighted by atomic mass is 9.86. The number of hydrogen-bond acceptors (Lipinski definition) is 6. The maximum absolute atomic E-state index is 13.6. The number of nitrogens with two attached hydrogens (primary N) is 1. The Morgan fingerprint density at radius 1 is 0.957 bits per heavy atom. The number of fused-ring (bicyclic) bond motifs is 1. The lowest BCUT2D eigenvalue weighted by Crippen LogP contribution is -2.41. The number of primary amides is 1. The number of nitrogens with zero attached hydrogens (tertiary/aromatic N) is 3. The zero-order valence-electron chi connectivity index (χ0n) is 27.6. The molecule has 2 aliphatic rings. The van der Waals surface area contributed by atoms with Gasteiger partial charge in [-0.15, -0.1) is 0 Å². The van der Waals surface area contributed by atoms with E-state index in [-0.39, 0.29) is 23.3 Å². The lowest BCUT2D eigenvalue weighted by Gasteiger charge is -2.38. The van der Waals surface area contributed by atoms with Gasteiger partial charge in [0, 0.05) is 81.0 Å². The Balaban J connectivity index is 1.62. The quantitative estimate of drug-likeness (QED) is 0.293. The number of ether oxygens (including phenoxy) is 2. The number of aryl methyl sites for hydroxylation is 3. The molecule has 2 aromatic carbocycles. The molecule has 0 unspecified atom stereocenters. The van der Waals surface area contributed by atoms with Crippen LogP contribution >= 0.6 is 0 Å². The van der Waals surface area contributed by atoms with Crippen molar-refractivity contribution in [1.82, 2.24) is 14.1 Å². The molecular weight excluding hydrogens is 582 g/mol. The van der Waals surface area contributed by atoms with Crippen LogP contribution < -0.4 is 21.9 Å². The summed E-state index contributed by atoms with van der Waals surface area (Å²) < 4.78 is 14.9. The first-order valence-corrected chi connectivity index (χ1v) is 16.4. The van der Waals surface area contributed by atoms with Crippen LogP contribution in [-0.2, 0) is 22.9 Å². The van der Waals surface area contributed by atoms with Gasteiger partial charge in [0.25, 0.3) is 5.56 Å².